The quantitative estimate of drug-likeness (QED) is 0.818. The zero-order valence-electron chi connectivity index (χ0n) is 11.6. The Bertz CT molecular complexity index is 718. The molecule has 1 fully saturated rings. The van der Waals surface area contributed by atoms with Crippen LogP contribution in [0.5, 0.6) is 5.75 Å². The smallest absolute Gasteiger partial charge is 0.256 e. The summed E-state index contributed by atoms with van der Waals surface area (Å²) >= 11 is 5.21. The molecule has 1 saturated carbocycles. The number of rotatable bonds is 3. The fourth-order valence-electron chi connectivity index (χ4n) is 3.08. The number of methoxy groups -OCH3 is 1. The highest BCUT2D eigenvalue weighted by Gasteiger charge is 2.59. The van der Waals surface area contributed by atoms with Crippen molar-refractivity contribution in [3.8, 4) is 5.75 Å². The van der Waals surface area contributed by atoms with Gasteiger partial charge in [0.15, 0.2) is 0 Å². The fourth-order valence-corrected chi connectivity index (χ4v) is 4.93. The Morgan fingerprint density at radius 2 is 2.05 bits per heavy atom. The van der Waals surface area contributed by atoms with Crippen molar-refractivity contribution in [1.29, 1.82) is 0 Å². The lowest BCUT2D eigenvalue weighted by atomic mass is 10.1. The number of benzene rings is 1. The Morgan fingerprint density at radius 1 is 1.33 bits per heavy atom. The van der Waals surface area contributed by atoms with Gasteiger partial charge in [-0.3, -0.25) is 4.79 Å². The van der Waals surface area contributed by atoms with Crippen molar-refractivity contribution in [3.63, 3.8) is 0 Å². The molecule has 3 nitrogen and oxygen atoms in total. The summed E-state index contributed by atoms with van der Waals surface area (Å²) in [4.78, 5) is 16.0. The maximum atomic E-state index is 12.7. The molecule has 1 amide bonds. The number of hydrogen-bond donors (Lipinski definition) is 0. The molecule has 2 aliphatic rings. The van der Waals surface area contributed by atoms with Gasteiger partial charge >= 0.3 is 0 Å². The molecule has 21 heavy (non-hydrogen) atoms. The van der Waals surface area contributed by atoms with Gasteiger partial charge in [-0.2, -0.15) is 0 Å². The van der Waals surface area contributed by atoms with E-state index in [2.05, 4.69) is 15.9 Å². The van der Waals surface area contributed by atoms with Gasteiger partial charge in [0.05, 0.1) is 22.0 Å². The Morgan fingerprint density at radius 3 is 2.67 bits per heavy atom. The lowest BCUT2D eigenvalue weighted by Crippen LogP contribution is -2.32. The Hall–Kier alpha value is -1.33. The van der Waals surface area contributed by atoms with Crippen LogP contribution in [0.3, 0.4) is 0 Å². The van der Waals surface area contributed by atoms with Crippen LogP contribution >= 0.6 is 27.3 Å². The summed E-state index contributed by atoms with van der Waals surface area (Å²) in [6.07, 6.45) is 2.16. The third-order valence-corrected chi connectivity index (χ3v) is 6.17. The van der Waals surface area contributed by atoms with Crippen LogP contribution in [0.15, 0.2) is 34.1 Å². The van der Waals surface area contributed by atoms with E-state index < -0.39 is 0 Å². The Balaban J connectivity index is 1.64. The molecule has 0 saturated heterocycles. The number of halogens is 1. The lowest BCUT2D eigenvalue weighted by Gasteiger charge is -2.25. The van der Waals surface area contributed by atoms with Crippen molar-refractivity contribution in [2.75, 3.05) is 7.11 Å². The standard InChI is InChI=1S/C16H14BrNO2S/c1-20-11-4-2-10(3-5-11)9-18-15(19)12-8-13(17)21-14(12)16(18)6-7-16/h2-5,8H,6-7,9H2,1H3. The number of fused-ring (bicyclic) bond motifs is 2. The predicted molar refractivity (Wildman–Crippen MR) is 85.8 cm³/mol. The third-order valence-electron chi connectivity index (χ3n) is 4.34. The second kappa shape index (κ2) is 4.58. The van der Waals surface area contributed by atoms with E-state index in [1.54, 1.807) is 18.4 Å². The van der Waals surface area contributed by atoms with E-state index in [-0.39, 0.29) is 11.4 Å². The fraction of sp³-hybridized carbons (Fsp3) is 0.312. The Kier molecular flexibility index (Phi) is 2.91. The summed E-state index contributed by atoms with van der Waals surface area (Å²) in [5.41, 5.74) is 2.01. The molecule has 0 atom stereocenters. The van der Waals surface area contributed by atoms with Crippen molar-refractivity contribution in [1.82, 2.24) is 4.90 Å². The second-order valence-electron chi connectivity index (χ2n) is 5.56. The number of hydrogen-bond acceptors (Lipinski definition) is 3. The van der Waals surface area contributed by atoms with Crippen molar-refractivity contribution in [3.05, 3.63) is 50.1 Å². The third kappa shape index (κ3) is 1.94. The van der Waals surface area contributed by atoms with E-state index in [9.17, 15) is 4.79 Å². The lowest BCUT2D eigenvalue weighted by molar-refractivity contribution is 0.0684. The summed E-state index contributed by atoms with van der Waals surface area (Å²) in [7, 11) is 1.66. The van der Waals surface area contributed by atoms with E-state index in [1.807, 2.05) is 35.2 Å². The van der Waals surface area contributed by atoms with Crippen molar-refractivity contribution in [2.24, 2.45) is 0 Å². The van der Waals surface area contributed by atoms with Gasteiger partial charge in [-0.05, 0) is 52.5 Å². The number of thiophene rings is 1. The second-order valence-corrected chi connectivity index (χ2v) is 8.00. The summed E-state index contributed by atoms with van der Waals surface area (Å²) in [6.45, 7) is 0.668. The van der Waals surface area contributed by atoms with Crippen LogP contribution in [-0.2, 0) is 12.1 Å². The predicted octanol–water partition coefficient (Wildman–Crippen LogP) is 4.16. The molecule has 0 unspecified atom stereocenters. The van der Waals surface area contributed by atoms with Crippen molar-refractivity contribution >= 4 is 33.2 Å². The normalized spacial score (nSPS) is 18.2. The number of carbonyl (C=O) groups excluding carboxylic acids is 1. The van der Waals surface area contributed by atoms with E-state index in [0.717, 1.165) is 33.5 Å². The molecular weight excluding hydrogens is 350 g/mol. The summed E-state index contributed by atoms with van der Waals surface area (Å²) in [6, 6.07) is 9.93. The minimum absolute atomic E-state index is 0.0248. The van der Waals surface area contributed by atoms with Gasteiger partial charge in [-0.1, -0.05) is 12.1 Å². The number of amides is 1. The molecule has 108 valence electrons. The van der Waals surface area contributed by atoms with Crippen LogP contribution in [0.25, 0.3) is 0 Å². The van der Waals surface area contributed by atoms with Gasteiger partial charge in [-0.25, -0.2) is 0 Å². The van der Waals surface area contributed by atoms with Gasteiger partial charge in [-0.15, -0.1) is 11.3 Å². The molecule has 5 heteroatoms. The first kappa shape index (κ1) is 13.3. The van der Waals surface area contributed by atoms with Crippen LogP contribution in [0, 0.1) is 0 Å². The molecule has 2 heterocycles. The van der Waals surface area contributed by atoms with E-state index in [1.165, 1.54) is 4.88 Å². The molecule has 1 aliphatic heterocycles. The zero-order valence-corrected chi connectivity index (χ0v) is 14.0. The number of carbonyl (C=O) groups is 1. The molecule has 2 aromatic rings. The van der Waals surface area contributed by atoms with Crippen LogP contribution in [-0.4, -0.2) is 17.9 Å². The van der Waals surface area contributed by atoms with Gasteiger partial charge in [0.25, 0.3) is 5.91 Å². The van der Waals surface area contributed by atoms with Crippen molar-refractivity contribution < 1.29 is 9.53 Å². The van der Waals surface area contributed by atoms with Crippen LogP contribution in [0.4, 0.5) is 0 Å². The Labute approximate surface area is 135 Å². The average Bonchev–Trinajstić information content (AvgIpc) is 3.16. The largest absolute Gasteiger partial charge is 0.497 e. The van der Waals surface area contributed by atoms with Gasteiger partial charge in [0.2, 0.25) is 0 Å². The minimum atomic E-state index is -0.0248. The molecule has 0 radical (unpaired) electrons. The summed E-state index contributed by atoms with van der Waals surface area (Å²) in [5.74, 6) is 1.01. The average molecular weight is 364 g/mol. The molecule has 1 aromatic heterocycles. The first-order chi connectivity index (χ1) is 10.1. The first-order valence-electron chi connectivity index (χ1n) is 6.89. The molecule has 1 aromatic carbocycles. The van der Waals surface area contributed by atoms with Crippen molar-refractivity contribution in [2.45, 2.75) is 24.9 Å². The highest BCUT2D eigenvalue weighted by Crippen LogP contribution is 2.59. The van der Waals surface area contributed by atoms with Crippen LogP contribution in [0.2, 0.25) is 0 Å². The maximum absolute atomic E-state index is 12.7. The number of nitrogens with zero attached hydrogens (tertiary/aromatic N) is 1. The molecular formula is C16H14BrNO2S. The van der Waals surface area contributed by atoms with Crippen LogP contribution in [0.1, 0.15) is 33.6 Å². The molecule has 0 N–H and O–H groups in total. The van der Waals surface area contributed by atoms with Crippen LogP contribution < -0.4 is 4.74 Å². The monoisotopic (exact) mass is 363 g/mol. The van der Waals surface area contributed by atoms with Gasteiger partial charge in [0, 0.05) is 11.4 Å². The minimum Gasteiger partial charge on any atom is -0.497 e. The molecule has 1 spiro atoms. The van der Waals surface area contributed by atoms with Gasteiger partial charge < -0.3 is 9.64 Å². The highest BCUT2D eigenvalue weighted by molar-refractivity contribution is 9.11. The summed E-state index contributed by atoms with van der Waals surface area (Å²) in [5, 5.41) is 0. The molecule has 1 aliphatic carbocycles. The highest BCUT2D eigenvalue weighted by atomic mass is 79.9. The number of ether oxygens (including phenoxy) is 1. The zero-order chi connectivity index (χ0) is 14.6. The molecule has 0 bridgehead atoms. The van der Waals surface area contributed by atoms with E-state index >= 15 is 0 Å². The SMILES string of the molecule is COc1ccc(CN2C(=O)c3cc(Br)sc3C23CC3)cc1. The first-order valence-corrected chi connectivity index (χ1v) is 8.50. The maximum Gasteiger partial charge on any atom is 0.256 e. The van der Waals surface area contributed by atoms with E-state index in [4.69, 9.17) is 4.74 Å². The summed E-state index contributed by atoms with van der Waals surface area (Å²) < 4.78 is 6.23. The molecule has 4 rings (SSSR count). The van der Waals surface area contributed by atoms with E-state index in [0.29, 0.717) is 6.54 Å². The topological polar surface area (TPSA) is 29.5 Å². The van der Waals surface area contributed by atoms with Gasteiger partial charge in [0.1, 0.15) is 5.75 Å².